The Morgan fingerprint density at radius 3 is 2.76 bits per heavy atom. The first kappa shape index (κ1) is 16.2. The van der Waals surface area contributed by atoms with Gasteiger partial charge in [-0.25, -0.2) is 0 Å². The van der Waals surface area contributed by atoms with Crippen molar-refractivity contribution in [3.05, 3.63) is 29.8 Å². The largest absolute Gasteiger partial charge is 0.492 e. The smallest absolute Gasteiger partial charge is 0.119 e. The van der Waals surface area contributed by atoms with Crippen LogP contribution in [-0.2, 0) is 11.2 Å². The molecule has 0 radical (unpaired) electrons. The number of rotatable bonds is 7. The summed E-state index contributed by atoms with van der Waals surface area (Å²) < 4.78 is 11.4. The number of ether oxygens (including phenoxy) is 2. The summed E-state index contributed by atoms with van der Waals surface area (Å²) in [5.41, 5.74) is 6.76. The summed E-state index contributed by atoms with van der Waals surface area (Å²) in [5.74, 6) is 0.885. The molecule has 21 heavy (non-hydrogen) atoms. The van der Waals surface area contributed by atoms with Crippen LogP contribution in [0.1, 0.15) is 12.5 Å². The Bertz CT molecular complexity index is 410. The molecule has 2 atom stereocenters. The predicted octanol–water partition coefficient (Wildman–Crippen LogP) is 0.648. The minimum absolute atomic E-state index is 0.0737. The molecule has 118 valence electrons. The zero-order chi connectivity index (χ0) is 15.1. The molecule has 0 saturated carbocycles. The molecule has 1 aliphatic heterocycles. The summed E-state index contributed by atoms with van der Waals surface area (Å²) >= 11 is 0. The fourth-order valence-corrected chi connectivity index (χ4v) is 2.64. The number of nitrogens with zero attached hydrogens (tertiary/aromatic N) is 1. The number of hydrogen-bond acceptors (Lipinski definition) is 5. The van der Waals surface area contributed by atoms with Gasteiger partial charge in [-0.1, -0.05) is 12.1 Å². The standard InChI is InChI=1S/C16H26N2O3/c1-13-10-18(11-16(12-19)21-13)8-9-20-15-4-2-14(3-5-15)6-7-17/h2-5,13,16,19H,6-12,17H2,1H3. The molecule has 3 N–H and O–H groups in total. The topological polar surface area (TPSA) is 68.0 Å². The highest BCUT2D eigenvalue weighted by atomic mass is 16.5. The van der Waals surface area contributed by atoms with Crippen LogP contribution in [0.4, 0.5) is 0 Å². The van der Waals surface area contributed by atoms with Crippen molar-refractivity contribution >= 4 is 0 Å². The van der Waals surface area contributed by atoms with E-state index in [9.17, 15) is 5.11 Å². The van der Waals surface area contributed by atoms with Gasteiger partial charge in [0.2, 0.25) is 0 Å². The van der Waals surface area contributed by atoms with Crippen LogP contribution in [-0.4, -0.2) is 61.6 Å². The van der Waals surface area contributed by atoms with Crippen molar-refractivity contribution in [3.63, 3.8) is 0 Å². The molecule has 0 aromatic heterocycles. The Labute approximate surface area is 126 Å². The van der Waals surface area contributed by atoms with Gasteiger partial charge < -0.3 is 20.3 Å². The zero-order valence-electron chi connectivity index (χ0n) is 12.7. The van der Waals surface area contributed by atoms with Crippen molar-refractivity contribution in [2.24, 2.45) is 5.73 Å². The summed E-state index contributed by atoms with van der Waals surface area (Å²) in [4.78, 5) is 2.28. The molecule has 5 heteroatoms. The molecule has 1 aromatic rings. The maximum absolute atomic E-state index is 9.21. The second-order valence-electron chi connectivity index (χ2n) is 5.54. The maximum Gasteiger partial charge on any atom is 0.119 e. The lowest BCUT2D eigenvalue weighted by molar-refractivity contribution is -0.0965. The highest BCUT2D eigenvalue weighted by molar-refractivity contribution is 5.27. The van der Waals surface area contributed by atoms with Crippen molar-refractivity contribution in [2.45, 2.75) is 25.6 Å². The normalized spacial score (nSPS) is 23.2. The molecule has 1 aromatic carbocycles. The molecule has 5 nitrogen and oxygen atoms in total. The summed E-state index contributed by atoms with van der Waals surface area (Å²) in [7, 11) is 0. The molecule has 1 aliphatic rings. The van der Waals surface area contributed by atoms with E-state index in [1.54, 1.807) is 0 Å². The van der Waals surface area contributed by atoms with E-state index >= 15 is 0 Å². The van der Waals surface area contributed by atoms with Crippen molar-refractivity contribution in [3.8, 4) is 5.75 Å². The van der Waals surface area contributed by atoms with Crippen molar-refractivity contribution in [1.82, 2.24) is 4.90 Å². The van der Waals surface area contributed by atoms with Crippen LogP contribution >= 0.6 is 0 Å². The van der Waals surface area contributed by atoms with Gasteiger partial charge in [0.1, 0.15) is 12.4 Å². The first-order chi connectivity index (χ1) is 10.2. The zero-order valence-corrected chi connectivity index (χ0v) is 12.7. The molecule has 2 unspecified atom stereocenters. The van der Waals surface area contributed by atoms with Crippen LogP contribution in [0.2, 0.25) is 0 Å². The van der Waals surface area contributed by atoms with Crippen molar-refractivity contribution < 1.29 is 14.6 Å². The Balaban J connectivity index is 1.73. The van der Waals surface area contributed by atoms with Gasteiger partial charge in [-0.15, -0.1) is 0 Å². The fourth-order valence-electron chi connectivity index (χ4n) is 2.64. The average Bonchev–Trinajstić information content (AvgIpc) is 2.49. The summed E-state index contributed by atoms with van der Waals surface area (Å²) in [6.07, 6.45) is 0.977. The number of benzene rings is 1. The first-order valence-electron chi connectivity index (χ1n) is 7.61. The van der Waals surface area contributed by atoms with E-state index < -0.39 is 0 Å². The quantitative estimate of drug-likeness (QED) is 0.773. The van der Waals surface area contributed by atoms with Gasteiger partial charge in [-0.3, -0.25) is 4.90 Å². The van der Waals surface area contributed by atoms with Gasteiger partial charge in [0.15, 0.2) is 0 Å². The van der Waals surface area contributed by atoms with Crippen LogP contribution in [0.3, 0.4) is 0 Å². The number of aliphatic hydroxyl groups excluding tert-OH is 1. The lowest BCUT2D eigenvalue weighted by Gasteiger charge is -2.35. The van der Waals surface area contributed by atoms with E-state index in [0.29, 0.717) is 13.2 Å². The lowest BCUT2D eigenvalue weighted by atomic mass is 10.1. The summed E-state index contributed by atoms with van der Waals surface area (Å²) in [5, 5.41) is 9.21. The summed E-state index contributed by atoms with van der Waals surface area (Å²) in [6.45, 7) is 5.91. The third-order valence-electron chi connectivity index (χ3n) is 3.64. The van der Waals surface area contributed by atoms with Crippen LogP contribution in [0, 0.1) is 0 Å². The number of nitrogens with two attached hydrogens (primary N) is 1. The lowest BCUT2D eigenvalue weighted by Crippen LogP contribution is -2.49. The molecule has 1 saturated heterocycles. The third kappa shape index (κ3) is 5.28. The van der Waals surface area contributed by atoms with E-state index in [2.05, 4.69) is 17.0 Å². The van der Waals surface area contributed by atoms with Gasteiger partial charge in [0.05, 0.1) is 18.8 Å². The molecule has 0 aliphatic carbocycles. The fraction of sp³-hybridized carbons (Fsp3) is 0.625. The minimum atomic E-state index is -0.0794. The van der Waals surface area contributed by atoms with Crippen LogP contribution in [0.25, 0.3) is 0 Å². The average molecular weight is 294 g/mol. The van der Waals surface area contributed by atoms with E-state index in [0.717, 1.165) is 31.8 Å². The molecular weight excluding hydrogens is 268 g/mol. The number of morpholine rings is 1. The van der Waals surface area contributed by atoms with Gasteiger partial charge in [-0.05, 0) is 37.6 Å². The molecule has 1 fully saturated rings. The Kier molecular flexibility index (Phi) is 6.45. The first-order valence-corrected chi connectivity index (χ1v) is 7.61. The van der Waals surface area contributed by atoms with E-state index in [1.807, 2.05) is 19.1 Å². The Morgan fingerprint density at radius 1 is 1.33 bits per heavy atom. The summed E-state index contributed by atoms with van der Waals surface area (Å²) in [6, 6.07) is 8.09. The molecule has 0 amide bonds. The Morgan fingerprint density at radius 2 is 2.10 bits per heavy atom. The molecule has 2 rings (SSSR count). The minimum Gasteiger partial charge on any atom is -0.492 e. The van der Waals surface area contributed by atoms with Gasteiger partial charge >= 0.3 is 0 Å². The maximum atomic E-state index is 9.21. The van der Waals surface area contributed by atoms with E-state index in [-0.39, 0.29) is 18.8 Å². The molecule has 0 bridgehead atoms. The van der Waals surface area contributed by atoms with Crippen LogP contribution < -0.4 is 10.5 Å². The monoisotopic (exact) mass is 294 g/mol. The Hall–Kier alpha value is -1.14. The van der Waals surface area contributed by atoms with Gasteiger partial charge in [-0.2, -0.15) is 0 Å². The van der Waals surface area contributed by atoms with E-state index in [1.165, 1.54) is 5.56 Å². The van der Waals surface area contributed by atoms with E-state index in [4.69, 9.17) is 15.2 Å². The number of aliphatic hydroxyl groups is 1. The number of hydrogen-bond donors (Lipinski definition) is 2. The highest BCUT2D eigenvalue weighted by Gasteiger charge is 2.24. The molecule has 1 heterocycles. The van der Waals surface area contributed by atoms with Gasteiger partial charge in [0, 0.05) is 19.6 Å². The second kappa shape index (κ2) is 8.34. The second-order valence-corrected chi connectivity index (χ2v) is 5.54. The third-order valence-corrected chi connectivity index (χ3v) is 3.64. The van der Waals surface area contributed by atoms with Crippen molar-refractivity contribution in [1.29, 1.82) is 0 Å². The molecule has 0 spiro atoms. The van der Waals surface area contributed by atoms with Crippen LogP contribution in [0.5, 0.6) is 5.75 Å². The molecular formula is C16H26N2O3. The van der Waals surface area contributed by atoms with Crippen LogP contribution in [0.15, 0.2) is 24.3 Å². The predicted molar refractivity (Wildman–Crippen MR) is 82.6 cm³/mol. The highest BCUT2D eigenvalue weighted by Crippen LogP contribution is 2.14. The SMILES string of the molecule is CC1CN(CCOc2ccc(CCN)cc2)CC(CO)O1. The van der Waals surface area contributed by atoms with Crippen molar-refractivity contribution in [2.75, 3.05) is 39.4 Å². The van der Waals surface area contributed by atoms with Gasteiger partial charge in [0.25, 0.3) is 0 Å².